The number of carbonyl (C=O) groups excluding carboxylic acids is 2. The molecule has 0 aromatic heterocycles. The number of rotatable bonds is 5. The summed E-state index contributed by atoms with van der Waals surface area (Å²) >= 11 is 0. The van der Waals surface area contributed by atoms with Crippen molar-refractivity contribution in [3.63, 3.8) is 0 Å². The van der Waals surface area contributed by atoms with Crippen LogP contribution in [-0.2, 0) is 16.0 Å². The van der Waals surface area contributed by atoms with Crippen LogP contribution in [0, 0.1) is 0 Å². The molecule has 4 heteroatoms. The van der Waals surface area contributed by atoms with Gasteiger partial charge in [-0.15, -0.1) is 0 Å². The Morgan fingerprint density at radius 3 is 2.60 bits per heavy atom. The molecule has 2 aromatic carbocycles. The molecule has 0 fully saturated rings. The molecule has 0 radical (unpaired) electrons. The molecule has 1 N–H and O–H groups in total. The summed E-state index contributed by atoms with van der Waals surface area (Å²) in [7, 11) is 0. The highest BCUT2D eigenvalue weighted by molar-refractivity contribution is 5.97. The van der Waals surface area contributed by atoms with E-state index < -0.39 is 0 Å². The van der Waals surface area contributed by atoms with E-state index in [0.29, 0.717) is 6.54 Å². The normalized spacial score (nSPS) is 14.1. The third kappa shape index (κ3) is 3.73. The van der Waals surface area contributed by atoms with Crippen molar-refractivity contribution in [2.24, 2.45) is 0 Å². The molecule has 1 atom stereocenters. The first-order valence-corrected chi connectivity index (χ1v) is 8.87. The number of fused-ring (bicyclic) bond motifs is 1. The topological polar surface area (TPSA) is 49.4 Å². The van der Waals surface area contributed by atoms with Crippen LogP contribution < -0.4 is 10.2 Å². The molecule has 1 aliphatic rings. The molecule has 0 spiro atoms. The number of anilines is 2. The van der Waals surface area contributed by atoms with E-state index in [4.69, 9.17) is 0 Å². The minimum atomic E-state index is -0.145. The van der Waals surface area contributed by atoms with Gasteiger partial charge in [0.05, 0.1) is 5.92 Å². The van der Waals surface area contributed by atoms with Crippen LogP contribution in [0.15, 0.2) is 48.5 Å². The molecule has 0 bridgehead atoms. The number of hydrogen-bond acceptors (Lipinski definition) is 2. The molecule has 2 aromatic rings. The largest absolute Gasteiger partial charge is 0.326 e. The van der Waals surface area contributed by atoms with E-state index in [1.54, 1.807) is 11.8 Å². The number of nitrogens with one attached hydrogen (secondary N) is 1. The van der Waals surface area contributed by atoms with Crippen molar-refractivity contribution in [3.8, 4) is 0 Å². The summed E-state index contributed by atoms with van der Waals surface area (Å²) in [6.45, 7) is 4.39. The predicted octanol–water partition coefficient (Wildman–Crippen LogP) is 4.12. The molecule has 130 valence electrons. The summed E-state index contributed by atoms with van der Waals surface area (Å²) in [5.74, 6) is -0.0646. The van der Waals surface area contributed by atoms with Crippen LogP contribution in [0.4, 0.5) is 11.4 Å². The zero-order chi connectivity index (χ0) is 17.8. The summed E-state index contributed by atoms with van der Waals surface area (Å²) in [5, 5.41) is 3.06. The Hall–Kier alpha value is -2.62. The predicted molar refractivity (Wildman–Crippen MR) is 101 cm³/mol. The minimum Gasteiger partial charge on any atom is -0.326 e. The maximum Gasteiger partial charge on any atom is 0.231 e. The molecule has 25 heavy (non-hydrogen) atoms. The lowest BCUT2D eigenvalue weighted by Crippen LogP contribution is -2.25. The van der Waals surface area contributed by atoms with Crippen molar-refractivity contribution in [2.45, 2.75) is 39.0 Å². The molecule has 2 amide bonds. The number of carbonyl (C=O) groups is 2. The Morgan fingerprint density at radius 1 is 1.16 bits per heavy atom. The van der Waals surface area contributed by atoms with E-state index in [2.05, 4.69) is 12.2 Å². The SMILES string of the molecule is CCCC(C(=O)Nc1ccc2c(c1)CCN2C(C)=O)c1ccccc1. The first kappa shape index (κ1) is 17.2. The van der Waals surface area contributed by atoms with Gasteiger partial charge in [0.2, 0.25) is 11.8 Å². The number of hydrogen-bond donors (Lipinski definition) is 1. The van der Waals surface area contributed by atoms with Gasteiger partial charge in [0, 0.05) is 24.8 Å². The fraction of sp³-hybridized carbons (Fsp3) is 0.333. The average molecular weight is 336 g/mol. The van der Waals surface area contributed by atoms with E-state index in [9.17, 15) is 9.59 Å². The zero-order valence-electron chi connectivity index (χ0n) is 14.8. The molecular weight excluding hydrogens is 312 g/mol. The third-order valence-electron chi connectivity index (χ3n) is 4.72. The maximum atomic E-state index is 12.8. The van der Waals surface area contributed by atoms with Gasteiger partial charge in [-0.3, -0.25) is 9.59 Å². The van der Waals surface area contributed by atoms with Crippen LogP contribution in [-0.4, -0.2) is 18.4 Å². The van der Waals surface area contributed by atoms with E-state index in [1.807, 2.05) is 48.5 Å². The van der Waals surface area contributed by atoms with Crippen LogP contribution >= 0.6 is 0 Å². The standard InChI is InChI=1S/C21H24N2O2/c1-3-7-19(16-8-5-4-6-9-16)21(25)22-18-10-11-20-17(14-18)12-13-23(20)15(2)24/h4-6,8-11,14,19H,3,7,12-13H2,1-2H3,(H,22,25). The number of amides is 2. The van der Waals surface area contributed by atoms with Crippen molar-refractivity contribution < 1.29 is 9.59 Å². The third-order valence-corrected chi connectivity index (χ3v) is 4.72. The number of nitrogens with zero attached hydrogens (tertiary/aromatic N) is 1. The molecular formula is C21H24N2O2. The minimum absolute atomic E-state index is 0.0226. The van der Waals surface area contributed by atoms with Crippen molar-refractivity contribution >= 4 is 23.2 Å². The summed E-state index contributed by atoms with van der Waals surface area (Å²) in [6, 6.07) is 15.7. The summed E-state index contributed by atoms with van der Waals surface area (Å²) in [4.78, 5) is 26.2. The lowest BCUT2D eigenvalue weighted by atomic mass is 9.93. The van der Waals surface area contributed by atoms with Gasteiger partial charge in [0.15, 0.2) is 0 Å². The summed E-state index contributed by atoms with van der Waals surface area (Å²) < 4.78 is 0. The van der Waals surface area contributed by atoms with E-state index >= 15 is 0 Å². The molecule has 1 unspecified atom stereocenters. The van der Waals surface area contributed by atoms with E-state index in [0.717, 1.165) is 41.8 Å². The molecule has 0 saturated heterocycles. The number of benzene rings is 2. The molecule has 1 heterocycles. The first-order valence-electron chi connectivity index (χ1n) is 8.87. The van der Waals surface area contributed by atoms with Crippen LogP contribution in [0.3, 0.4) is 0 Å². The Bertz CT molecular complexity index is 771. The molecule has 0 saturated carbocycles. The second-order valence-electron chi connectivity index (χ2n) is 6.51. The lowest BCUT2D eigenvalue weighted by Gasteiger charge is -2.18. The second kappa shape index (κ2) is 7.51. The van der Waals surface area contributed by atoms with Gasteiger partial charge in [-0.1, -0.05) is 43.7 Å². The highest BCUT2D eigenvalue weighted by Crippen LogP contribution is 2.31. The van der Waals surface area contributed by atoms with Gasteiger partial charge in [0.25, 0.3) is 0 Å². The van der Waals surface area contributed by atoms with Gasteiger partial charge >= 0.3 is 0 Å². The Kier molecular flexibility index (Phi) is 5.17. The Balaban J connectivity index is 1.77. The smallest absolute Gasteiger partial charge is 0.231 e. The first-order chi connectivity index (χ1) is 12.1. The van der Waals surface area contributed by atoms with Crippen LogP contribution in [0.1, 0.15) is 43.7 Å². The van der Waals surface area contributed by atoms with Gasteiger partial charge in [-0.2, -0.15) is 0 Å². The van der Waals surface area contributed by atoms with Gasteiger partial charge < -0.3 is 10.2 Å². The van der Waals surface area contributed by atoms with Gasteiger partial charge in [0.1, 0.15) is 0 Å². The summed E-state index contributed by atoms with van der Waals surface area (Å²) in [6.07, 6.45) is 2.60. The van der Waals surface area contributed by atoms with Gasteiger partial charge in [-0.05, 0) is 42.2 Å². The monoisotopic (exact) mass is 336 g/mol. The molecule has 0 aliphatic carbocycles. The maximum absolute atomic E-state index is 12.8. The second-order valence-corrected chi connectivity index (χ2v) is 6.51. The van der Waals surface area contributed by atoms with Crippen LogP contribution in [0.2, 0.25) is 0 Å². The van der Waals surface area contributed by atoms with Crippen LogP contribution in [0.25, 0.3) is 0 Å². The lowest BCUT2D eigenvalue weighted by molar-refractivity contribution is -0.118. The fourth-order valence-corrected chi connectivity index (χ4v) is 3.46. The van der Waals surface area contributed by atoms with E-state index in [-0.39, 0.29) is 17.7 Å². The van der Waals surface area contributed by atoms with Crippen molar-refractivity contribution in [3.05, 3.63) is 59.7 Å². The summed E-state index contributed by atoms with van der Waals surface area (Å²) in [5.41, 5.74) is 3.91. The fourth-order valence-electron chi connectivity index (χ4n) is 3.46. The van der Waals surface area contributed by atoms with Crippen molar-refractivity contribution in [2.75, 3.05) is 16.8 Å². The quantitative estimate of drug-likeness (QED) is 0.893. The highest BCUT2D eigenvalue weighted by atomic mass is 16.2. The van der Waals surface area contributed by atoms with E-state index in [1.165, 1.54) is 0 Å². The zero-order valence-corrected chi connectivity index (χ0v) is 14.8. The highest BCUT2D eigenvalue weighted by Gasteiger charge is 2.24. The van der Waals surface area contributed by atoms with Crippen LogP contribution in [0.5, 0.6) is 0 Å². The molecule has 1 aliphatic heterocycles. The molecule has 3 rings (SSSR count). The average Bonchev–Trinajstić information content (AvgIpc) is 3.03. The van der Waals surface area contributed by atoms with Crippen molar-refractivity contribution in [1.82, 2.24) is 0 Å². The Labute approximate surface area is 148 Å². The van der Waals surface area contributed by atoms with Gasteiger partial charge in [-0.25, -0.2) is 0 Å². The Morgan fingerprint density at radius 2 is 1.92 bits per heavy atom. The van der Waals surface area contributed by atoms with Crippen molar-refractivity contribution in [1.29, 1.82) is 0 Å². The molecule has 4 nitrogen and oxygen atoms in total.